The minimum absolute atomic E-state index is 0.0413. The van der Waals surface area contributed by atoms with Crippen molar-refractivity contribution in [1.29, 1.82) is 0 Å². The smallest absolute Gasteiger partial charge is 0.251 e. The number of aliphatic hydroxyl groups is 1. The average Bonchev–Trinajstić information content (AvgIpc) is 3.48. The van der Waals surface area contributed by atoms with Gasteiger partial charge >= 0.3 is 0 Å². The fourth-order valence-electron chi connectivity index (χ4n) is 4.88. The third-order valence-electron chi connectivity index (χ3n) is 7.12. The summed E-state index contributed by atoms with van der Waals surface area (Å²) in [5.74, 6) is -2.12. The molecule has 7 nitrogen and oxygen atoms in total. The Kier molecular flexibility index (Phi) is 10.0. The summed E-state index contributed by atoms with van der Waals surface area (Å²) in [6.07, 6.45) is 0.239. The van der Waals surface area contributed by atoms with Crippen LogP contribution < -0.4 is 16.0 Å². The Balaban J connectivity index is 1.50. The number of nitrogens with one attached hydrogen (secondary N) is 3. The highest BCUT2D eigenvalue weighted by atomic mass is 32.2. The van der Waals surface area contributed by atoms with Crippen molar-refractivity contribution in [3.8, 4) is 0 Å². The standard InChI is InChI=1S/C30H35F2N3O4S/c1-2-20-5-3-6-21(11-20)17-34-19-29(36)28(14-22-12-24(31)16-25(32)13-22)35-30(37)23-7-4-8-26(15-23)40(38,39)27-9-10-33-18-27/h3-8,11-13,15-16,27-29,33-34,36H,2,9-10,14,17-19H2,1H3,(H,35,37)/t27?,28-,29+/m0/s1. The van der Waals surface area contributed by atoms with Gasteiger partial charge in [-0.15, -0.1) is 0 Å². The highest BCUT2D eigenvalue weighted by Crippen LogP contribution is 2.22. The van der Waals surface area contributed by atoms with Gasteiger partial charge in [-0.25, -0.2) is 17.2 Å². The van der Waals surface area contributed by atoms with Gasteiger partial charge in [-0.05, 0) is 72.8 Å². The third kappa shape index (κ3) is 7.72. The van der Waals surface area contributed by atoms with E-state index in [0.29, 0.717) is 26.1 Å². The zero-order valence-electron chi connectivity index (χ0n) is 22.4. The normalized spacial score (nSPS) is 16.9. The Morgan fingerprint density at radius 2 is 1.75 bits per heavy atom. The molecular formula is C30H35F2N3O4S. The molecule has 3 atom stereocenters. The van der Waals surface area contributed by atoms with Gasteiger partial charge < -0.3 is 21.1 Å². The number of carbonyl (C=O) groups excluding carboxylic acids is 1. The minimum Gasteiger partial charge on any atom is -0.390 e. The topological polar surface area (TPSA) is 108 Å². The summed E-state index contributed by atoms with van der Waals surface area (Å²) in [5.41, 5.74) is 2.60. The van der Waals surface area contributed by atoms with Gasteiger partial charge in [0, 0.05) is 31.3 Å². The number of aryl methyl sites for hydroxylation is 1. The Morgan fingerprint density at radius 3 is 2.45 bits per heavy atom. The number of amides is 1. The van der Waals surface area contributed by atoms with E-state index in [2.05, 4.69) is 28.9 Å². The fraction of sp³-hybridized carbons (Fsp3) is 0.367. The molecule has 0 radical (unpaired) electrons. The SMILES string of the molecule is CCc1cccc(CNC[C@@H](O)[C@H](Cc2cc(F)cc(F)c2)NC(=O)c2cccc(S(=O)(=O)C3CCNC3)c2)c1. The van der Waals surface area contributed by atoms with E-state index in [1.54, 1.807) is 0 Å². The van der Waals surface area contributed by atoms with Crippen LogP contribution in [-0.4, -0.2) is 56.5 Å². The number of carbonyl (C=O) groups is 1. The van der Waals surface area contributed by atoms with Crippen molar-refractivity contribution >= 4 is 15.7 Å². The summed E-state index contributed by atoms with van der Waals surface area (Å²) >= 11 is 0. The average molecular weight is 572 g/mol. The Morgan fingerprint density at radius 1 is 1.02 bits per heavy atom. The van der Waals surface area contributed by atoms with Crippen LogP contribution in [0.25, 0.3) is 0 Å². The van der Waals surface area contributed by atoms with Crippen LogP contribution in [0.15, 0.2) is 71.6 Å². The molecule has 40 heavy (non-hydrogen) atoms. The number of rotatable bonds is 12. The molecule has 1 amide bonds. The van der Waals surface area contributed by atoms with E-state index in [0.717, 1.165) is 30.2 Å². The van der Waals surface area contributed by atoms with Crippen LogP contribution in [0, 0.1) is 11.6 Å². The molecule has 10 heteroatoms. The van der Waals surface area contributed by atoms with Gasteiger partial charge in [-0.2, -0.15) is 0 Å². The van der Waals surface area contributed by atoms with Crippen molar-refractivity contribution in [3.63, 3.8) is 0 Å². The molecule has 4 N–H and O–H groups in total. The number of hydrogen-bond acceptors (Lipinski definition) is 6. The Hall–Kier alpha value is -3.18. The maximum Gasteiger partial charge on any atom is 0.251 e. The first-order chi connectivity index (χ1) is 19.2. The summed E-state index contributed by atoms with van der Waals surface area (Å²) in [6.45, 7) is 3.61. The summed E-state index contributed by atoms with van der Waals surface area (Å²) in [4.78, 5) is 13.3. The molecule has 1 aliphatic rings. The van der Waals surface area contributed by atoms with Crippen molar-refractivity contribution in [1.82, 2.24) is 16.0 Å². The largest absolute Gasteiger partial charge is 0.390 e. The lowest BCUT2D eigenvalue weighted by Crippen LogP contribution is -2.48. The minimum atomic E-state index is -3.63. The lowest BCUT2D eigenvalue weighted by molar-refractivity contribution is 0.0829. The van der Waals surface area contributed by atoms with Crippen molar-refractivity contribution < 1.29 is 27.1 Å². The lowest BCUT2D eigenvalue weighted by atomic mass is 10.00. The van der Waals surface area contributed by atoms with Crippen molar-refractivity contribution in [2.24, 2.45) is 0 Å². The van der Waals surface area contributed by atoms with Crippen molar-refractivity contribution in [3.05, 3.63) is 101 Å². The Labute approximate surface area is 233 Å². The van der Waals surface area contributed by atoms with Crippen LogP contribution in [0.3, 0.4) is 0 Å². The zero-order valence-corrected chi connectivity index (χ0v) is 23.2. The van der Waals surface area contributed by atoms with Gasteiger partial charge in [0.25, 0.3) is 5.91 Å². The molecule has 1 unspecified atom stereocenters. The molecule has 4 rings (SSSR count). The van der Waals surface area contributed by atoms with Gasteiger partial charge in [0.15, 0.2) is 9.84 Å². The molecule has 0 aliphatic carbocycles. The third-order valence-corrected chi connectivity index (χ3v) is 9.31. The molecule has 1 saturated heterocycles. The molecular weight excluding hydrogens is 536 g/mol. The second kappa shape index (κ2) is 13.5. The van der Waals surface area contributed by atoms with Crippen LogP contribution >= 0.6 is 0 Å². The van der Waals surface area contributed by atoms with E-state index in [4.69, 9.17) is 0 Å². The van der Waals surface area contributed by atoms with Gasteiger partial charge in [-0.3, -0.25) is 4.79 Å². The van der Waals surface area contributed by atoms with E-state index in [1.807, 2.05) is 18.2 Å². The molecule has 0 bridgehead atoms. The molecule has 1 aliphatic heterocycles. The lowest BCUT2D eigenvalue weighted by Gasteiger charge is -2.25. The summed E-state index contributed by atoms with van der Waals surface area (Å²) in [5, 5.41) is 19.5. The summed E-state index contributed by atoms with van der Waals surface area (Å²) in [7, 11) is -3.63. The van der Waals surface area contributed by atoms with Crippen LogP contribution in [-0.2, 0) is 29.2 Å². The summed E-state index contributed by atoms with van der Waals surface area (Å²) < 4.78 is 53.8. The monoisotopic (exact) mass is 571 g/mol. The van der Waals surface area contributed by atoms with E-state index in [1.165, 1.54) is 29.8 Å². The Bertz CT molecular complexity index is 1410. The van der Waals surface area contributed by atoms with Crippen molar-refractivity contribution in [2.45, 2.75) is 55.0 Å². The first-order valence-electron chi connectivity index (χ1n) is 13.4. The molecule has 0 spiro atoms. The molecule has 3 aromatic rings. The number of sulfone groups is 1. The van der Waals surface area contributed by atoms with Gasteiger partial charge in [0.05, 0.1) is 22.3 Å². The van der Waals surface area contributed by atoms with E-state index in [-0.39, 0.29) is 29.0 Å². The zero-order chi connectivity index (χ0) is 28.7. The number of hydrogen-bond donors (Lipinski definition) is 4. The fourth-order valence-corrected chi connectivity index (χ4v) is 6.59. The van der Waals surface area contributed by atoms with Crippen molar-refractivity contribution in [2.75, 3.05) is 19.6 Å². The molecule has 3 aromatic carbocycles. The van der Waals surface area contributed by atoms with Crippen LogP contribution in [0.4, 0.5) is 8.78 Å². The highest BCUT2D eigenvalue weighted by molar-refractivity contribution is 7.92. The molecule has 0 saturated carbocycles. The predicted molar refractivity (Wildman–Crippen MR) is 150 cm³/mol. The van der Waals surface area contributed by atoms with Gasteiger partial charge in [0.1, 0.15) is 11.6 Å². The number of aliphatic hydroxyl groups excluding tert-OH is 1. The predicted octanol–water partition coefficient (Wildman–Crippen LogP) is 3.15. The van der Waals surface area contributed by atoms with Crippen LogP contribution in [0.5, 0.6) is 0 Å². The second-order valence-corrected chi connectivity index (χ2v) is 12.3. The maximum absolute atomic E-state index is 13.9. The first-order valence-corrected chi connectivity index (χ1v) is 15.0. The molecule has 1 heterocycles. The van der Waals surface area contributed by atoms with E-state index >= 15 is 0 Å². The summed E-state index contributed by atoms with van der Waals surface area (Å²) in [6, 6.07) is 16.0. The van der Waals surface area contributed by atoms with E-state index in [9.17, 15) is 27.1 Å². The van der Waals surface area contributed by atoms with Gasteiger partial charge in [-0.1, -0.05) is 37.3 Å². The molecule has 1 fully saturated rings. The van der Waals surface area contributed by atoms with Crippen LogP contribution in [0.1, 0.15) is 40.4 Å². The molecule has 214 valence electrons. The quantitative estimate of drug-likeness (QED) is 0.266. The highest BCUT2D eigenvalue weighted by Gasteiger charge is 2.31. The maximum atomic E-state index is 13.9. The van der Waals surface area contributed by atoms with Crippen LogP contribution in [0.2, 0.25) is 0 Å². The number of benzene rings is 3. The number of halogens is 2. The van der Waals surface area contributed by atoms with Gasteiger partial charge in [0.2, 0.25) is 0 Å². The molecule has 0 aromatic heterocycles. The first kappa shape index (κ1) is 29.8. The second-order valence-electron chi connectivity index (χ2n) is 10.1. The van der Waals surface area contributed by atoms with E-state index < -0.39 is 44.8 Å².